The Hall–Kier alpha value is -0.390. The number of thiophene rings is 1. The molecule has 6 heteroatoms. The molecule has 0 amide bonds. The molecule has 0 spiro atoms. The maximum Gasteiger partial charge on any atom is 0.148 e. The zero-order valence-electron chi connectivity index (χ0n) is 7.15. The van der Waals surface area contributed by atoms with Gasteiger partial charge in [0.2, 0.25) is 0 Å². The van der Waals surface area contributed by atoms with Crippen LogP contribution in [0.25, 0.3) is 0 Å². The van der Waals surface area contributed by atoms with Crippen molar-refractivity contribution in [2.75, 3.05) is 0 Å². The smallest absolute Gasteiger partial charge is 0.148 e. The van der Waals surface area contributed by atoms with Crippen molar-refractivity contribution in [1.29, 1.82) is 0 Å². The molecule has 0 aliphatic heterocycles. The van der Waals surface area contributed by atoms with E-state index in [4.69, 9.17) is 11.6 Å². The van der Waals surface area contributed by atoms with E-state index >= 15 is 0 Å². The lowest BCUT2D eigenvalue weighted by atomic mass is 10.3. The maximum absolute atomic E-state index is 5.72. The summed E-state index contributed by atoms with van der Waals surface area (Å²) < 4.78 is 3.09. The Kier molecular flexibility index (Phi) is 3.20. The maximum atomic E-state index is 5.72. The molecular weight excluding hydrogens is 286 g/mol. The number of alkyl halides is 1. The fourth-order valence-electron chi connectivity index (χ4n) is 1.13. The second-order valence-electron chi connectivity index (χ2n) is 2.73. The normalized spacial score (nSPS) is 10.7. The van der Waals surface area contributed by atoms with E-state index in [-0.39, 0.29) is 0 Å². The molecule has 2 aromatic heterocycles. The van der Waals surface area contributed by atoms with Crippen molar-refractivity contribution in [3.8, 4) is 0 Å². The fraction of sp³-hybridized carbons (Fsp3) is 0.250. The second-order valence-corrected chi connectivity index (χ2v) is 5.23. The van der Waals surface area contributed by atoms with Crippen molar-refractivity contribution in [2.24, 2.45) is 0 Å². The summed E-state index contributed by atoms with van der Waals surface area (Å²) in [6, 6.07) is 2.08. The highest BCUT2D eigenvalue weighted by Crippen LogP contribution is 2.24. The summed E-state index contributed by atoms with van der Waals surface area (Å²) >= 11 is 10.9. The van der Waals surface area contributed by atoms with Crippen molar-refractivity contribution < 1.29 is 0 Å². The zero-order valence-corrected chi connectivity index (χ0v) is 10.3. The van der Waals surface area contributed by atoms with Crippen LogP contribution in [-0.2, 0) is 12.4 Å². The Morgan fingerprint density at radius 1 is 1.57 bits per heavy atom. The van der Waals surface area contributed by atoms with Gasteiger partial charge in [0.05, 0.1) is 16.2 Å². The van der Waals surface area contributed by atoms with Crippen molar-refractivity contribution >= 4 is 38.9 Å². The highest BCUT2D eigenvalue weighted by atomic mass is 79.9. The van der Waals surface area contributed by atoms with Gasteiger partial charge in [-0.15, -0.1) is 33.1 Å². The number of halogens is 2. The third-order valence-corrected chi connectivity index (χ3v) is 3.90. The van der Waals surface area contributed by atoms with Gasteiger partial charge in [-0.25, -0.2) is 0 Å². The van der Waals surface area contributed by atoms with E-state index in [2.05, 4.69) is 32.2 Å². The summed E-state index contributed by atoms with van der Waals surface area (Å²) in [6.07, 6.45) is 1.70. The Labute approximate surface area is 98.9 Å². The second kappa shape index (κ2) is 4.42. The average Bonchev–Trinajstić information content (AvgIpc) is 2.77. The molecule has 0 N–H and O–H groups in total. The minimum Gasteiger partial charge on any atom is -0.312 e. The number of rotatable bonds is 3. The molecule has 0 atom stereocenters. The summed E-state index contributed by atoms with van der Waals surface area (Å²) in [4.78, 5) is 0. The van der Waals surface area contributed by atoms with Crippen molar-refractivity contribution in [1.82, 2.24) is 14.8 Å². The Balaban J connectivity index is 2.22. The molecule has 14 heavy (non-hydrogen) atoms. The predicted octanol–water partition coefficient (Wildman–Crippen LogP) is 2.89. The monoisotopic (exact) mass is 291 g/mol. The van der Waals surface area contributed by atoms with Crippen LogP contribution in [0.4, 0.5) is 0 Å². The molecule has 0 bridgehead atoms. The van der Waals surface area contributed by atoms with Gasteiger partial charge in [0.1, 0.15) is 12.2 Å². The van der Waals surface area contributed by atoms with Crippen LogP contribution in [0.5, 0.6) is 0 Å². The Morgan fingerprint density at radius 3 is 3.07 bits per heavy atom. The summed E-state index contributed by atoms with van der Waals surface area (Å²) in [5.74, 6) is 1.19. The molecule has 74 valence electrons. The number of hydrogen-bond acceptors (Lipinski definition) is 3. The van der Waals surface area contributed by atoms with E-state index in [9.17, 15) is 0 Å². The topological polar surface area (TPSA) is 30.7 Å². The molecule has 0 saturated carbocycles. The van der Waals surface area contributed by atoms with Gasteiger partial charge >= 0.3 is 0 Å². The van der Waals surface area contributed by atoms with Crippen LogP contribution in [0, 0.1) is 0 Å². The molecule has 2 aromatic rings. The van der Waals surface area contributed by atoms with Crippen LogP contribution in [0.3, 0.4) is 0 Å². The minimum absolute atomic E-state index is 0.391. The van der Waals surface area contributed by atoms with Gasteiger partial charge in [0, 0.05) is 0 Å². The van der Waals surface area contributed by atoms with E-state index in [0.717, 1.165) is 16.2 Å². The van der Waals surface area contributed by atoms with Crippen molar-refractivity contribution in [3.63, 3.8) is 0 Å². The van der Waals surface area contributed by atoms with Crippen molar-refractivity contribution in [3.05, 3.63) is 32.9 Å². The molecule has 0 aliphatic rings. The van der Waals surface area contributed by atoms with Gasteiger partial charge in [-0.05, 0) is 32.9 Å². The third kappa shape index (κ3) is 1.99. The minimum atomic E-state index is 0.391. The first-order valence-electron chi connectivity index (χ1n) is 3.96. The molecule has 0 fully saturated rings. The number of aromatic nitrogens is 3. The van der Waals surface area contributed by atoms with Crippen LogP contribution in [0.2, 0.25) is 0 Å². The highest BCUT2D eigenvalue weighted by Gasteiger charge is 2.06. The van der Waals surface area contributed by atoms with Gasteiger partial charge in [-0.3, -0.25) is 0 Å². The van der Waals surface area contributed by atoms with Crippen LogP contribution in [0.15, 0.2) is 21.6 Å². The summed E-state index contributed by atoms with van der Waals surface area (Å²) in [7, 11) is 0. The molecule has 0 aromatic carbocycles. The third-order valence-electron chi connectivity index (χ3n) is 1.85. The molecule has 0 saturated heterocycles. The zero-order chi connectivity index (χ0) is 9.97. The van der Waals surface area contributed by atoms with E-state index in [1.165, 1.54) is 5.56 Å². The van der Waals surface area contributed by atoms with E-state index in [0.29, 0.717) is 5.88 Å². The first kappa shape index (κ1) is 10.1. The average molecular weight is 293 g/mol. The molecule has 0 aliphatic carbocycles. The lowest BCUT2D eigenvalue weighted by Gasteiger charge is -2.02. The largest absolute Gasteiger partial charge is 0.312 e. The quantitative estimate of drug-likeness (QED) is 0.815. The van der Waals surface area contributed by atoms with Crippen LogP contribution >= 0.6 is 38.9 Å². The fourth-order valence-corrected chi connectivity index (χ4v) is 2.55. The predicted molar refractivity (Wildman–Crippen MR) is 60.7 cm³/mol. The molecular formula is C8H7BrClN3S. The van der Waals surface area contributed by atoms with E-state index in [1.54, 1.807) is 17.7 Å². The number of hydrogen-bond donors (Lipinski definition) is 0. The van der Waals surface area contributed by atoms with Crippen LogP contribution in [0.1, 0.15) is 11.4 Å². The van der Waals surface area contributed by atoms with Gasteiger partial charge in [-0.2, -0.15) is 0 Å². The van der Waals surface area contributed by atoms with Gasteiger partial charge in [-0.1, -0.05) is 0 Å². The lowest BCUT2D eigenvalue weighted by Crippen LogP contribution is -2.02. The summed E-state index contributed by atoms with van der Waals surface area (Å²) in [6.45, 7) is 0.763. The first-order valence-corrected chi connectivity index (χ1v) is 6.16. The standard InChI is InChI=1S/C8H7BrClN3S/c9-8-6(1-2-14-8)4-13-5-11-12-7(13)3-10/h1-2,5H,3-4H2. The van der Waals surface area contributed by atoms with Crippen molar-refractivity contribution in [2.45, 2.75) is 12.4 Å². The molecule has 2 rings (SSSR count). The van der Waals surface area contributed by atoms with Crippen LogP contribution < -0.4 is 0 Å². The Morgan fingerprint density at radius 2 is 2.43 bits per heavy atom. The molecule has 3 nitrogen and oxygen atoms in total. The SMILES string of the molecule is ClCc1nncn1Cc1ccsc1Br. The van der Waals surface area contributed by atoms with Gasteiger partial charge < -0.3 is 4.57 Å². The Bertz CT molecular complexity index is 426. The molecule has 0 unspecified atom stereocenters. The summed E-state index contributed by atoms with van der Waals surface area (Å²) in [5.41, 5.74) is 1.22. The summed E-state index contributed by atoms with van der Waals surface area (Å²) in [5, 5.41) is 9.78. The number of nitrogens with zero attached hydrogens (tertiary/aromatic N) is 3. The van der Waals surface area contributed by atoms with Crippen LogP contribution in [-0.4, -0.2) is 14.8 Å². The lowest BCUT2D eigenvalue weighted by molar-refractivity contribution is 0.755. The first-order chi connectivity index (χ1) is 6.81. The van der Waals surface area contributed by atoms with E-state index < -0.39 is 0 Å². The molecule has 2 heterocycles. The highest BCUT2D eigenvalue weighted by molar-refractivity contribution is 9.11. The van der Waals surface area contributed by atoms with Gasteiger partial charge in [0.15, 0.2) is 0 Å². The molecule has 0 radical (unpaired) electrons. The van der Waals surface area contributed by atoms with Gasteiger partial charge in [0.25, 0.3) is 0 Å². The van der Waals surface area contributed by atoms with E-state index in [1.807, 2.05) is 9.95 Å².